The van der Waals surface area contributed by atoms with E-state index in [2.05, 4.69) is 163 Å². The van der Waals surface area contributed by atoms with Crippen LogP contribution in [0.3, 0.4) is 0 Å². The first-order valence-corrected chi connectivity index (χ1v) is 20.8. The fourth-order valence-corrected chi connectivity index (χ4v) is 8.10. The van der Waals surface area contributed by atoms with Gasteiger partial charge in [-0.15, -0.1) is 0 Å². The van der Waals surface area contributed by atoms with Crippen molar-refractivity contribution in [3.8, 4) is 68.9 Å². The fourth-order valence-electron chi connectivity index (χ4n) is 8.10. The summed E-state index contributed by atoms with van der Waals surface area (Å²) in [6.45, 7) is 0. The van der Waals surface area contributed by atoms with Gasteiger partial charge in [0.25, 0.3) is 0 Å². The van der Waals surface area contributed by atoms with Crippen molar-refractivity contribution >= 4 is 49.4 Å². The smallest absolute Gasteiger partial charge is 0.0347 e. The summed E-state index contributed by atoms with van der Waals surface area (Å²) in [6, 6.07) is 68.4. The number of hydrogen-bond acceptors (Lipinski definition) is 3. The van der Waals surface area contributed by atoms with Crippen LogP contribution in [0.25, 0.3) is 65.7 Å². The van der Waals surface area contributed by atoms with Crippen LogP contribution in [0.5, 0.6) is 0 Å². The molecule has 0 aliphatic rings. The van der Waals surface area contributed by atoms with E-state index in [1.54, 1.807) is 0 Å². The first-order valence-electron chi connectivity index (χ1n) is 20.8. The lowest BCUT2D eigenvalue weighted by atomic mass is 9.92. The van der Waals surface area contributed by atoms with Crippen molar-refractivity contribution in [1.82, 2.24) is 0 Å². The van der Waals surface area contributed by atoms with Crippen LogP contribution in [0.4, 0.5) is 17.1 Å². The minimum Gasteiger partial charge on any atom is -0.399 e. The maximum Gasteiger partial charge on any atom is 0.0347 e. The zero-order valence-corrected chi connectivity index (χ0v) is 34.3. The molecule has 10 rings (SSSR count). The van der Waals surface area contributed by atoms with Gasteiger partial charge in [-0.25, -0.2) is 0 Å². The Kier molecular flexibility index (Phi) is 10.1. The molecule has 3 nitrogen and oxygen atoms in total. The summed E-state index contributed by atoms with van der Waals surface area (Å²) in [5, 5.41) is 6.50. The number of fused-ring (bicyclic) bond motifs is 3. The first kappa shape index (κ1) is 38.3. The zero-order chi connectivity index (χ0) is 42.7. The highest BCUT2D eigenvalue weighted by Crippen LogP contribution is 2.34. The third-order valence-corrected chi connectivity index (χ3v) is 11.3. The van der Waals surface area contributed by atoms with Gasteiger partial charge in [0.2, 0.25) is 0 Å². The molecule has 0 saturated heterocycles. The number of rotatable bonds is 3. The van der Waals surface area contributed by atoms with E-state index in [9.17, 15) is 0 Å². The second-order valence-corrected chi connectivity index (χ2v) is 15.6. The van der Waals surface area contributed by atoms with Crippen molar-refractivity contribution in [2.75, 3.05) is 17.2 Å². The number of hydrogen-bond donors (Lipinski definition) is 3. The Morgan fingerprint density at radius 2 is 0.508 bits per heavy atom. The fraction of sp³-hybridized carbons (Fsp3) is 0. The summed E-state index contributed by atoms with van der Waals surface area (Å²) in [5.41, 5.74) is 32.9. The molecule has 0 saturated carbocycles. The highest BCUT2D eigenvalue weighted by atomic mass is 14.5. The Labute approximate surface area is 367 Å². The molecule has 63 heavy (non-hydrogen) atoms. The monoisotopic (exact) mass is 801 g/mol. The van der Waals surface area contributed by atoms with Gasteiger partial charge in [0, 0.05) is 50.4 Å². The quantitative estimate of drug-likeness (QED) is 0.123. The topological polar surface area (TPSA) is 78.1 Å². The van der Waals surface area contributed by atoms with Crippen molar-refractivity contribution in [1.29, 1.82) is 0 Å². The summed E-state index contributed by atoms with van der Waals surface area (Å²) in [7, 11) is 0. The lowest BCUT2D eigenvalue weighted by Crippen LogP contribution is -1.89. The largest absolute Gasteiger partial charge is 0.399 e. The Balaban J connectivity index is 0.987. The molecule has 6 N–H and O–H groups in total. The molecule has 3 heteroatoms. The SMILES string of the molecule is Nc1cc(C#Cc2ccc(-c3cc(-c4ccc(C#Cc5cc(N)cc6ccccc56)cc4)cc(-c4ccc(C#Cc5cc(N)cc6ccccc56)cc4)c3)cc2)c2ccccc2c1. The Bertz CT molecular complexity index is 3190. The minimum atomic E-state index is 0.701. The summed E-state index contributed by atoms with van der Waals surface area (Å²) < 4.78 is 0. The average molecular weight is 802 g/mol. The van der Waals surface area contributed by atoms with Crippen LogP contribution >= 0.6 is 0 Å². The highest BCUT2D eigenvalue weighted by molar-refractivity contribution is 5.93. The molecule has 0 aliphatic heterocycles. The molecule has 10 aromatic rings. The van der Waals surface area contributed by atoms with E-state index in [0.717, 1.165) is 99.1 Å². The summed E-state index contributed by atoms with van der Waals surface area (Å²) in [5.74, 6) is 20.2. The predicted molar refractivity (Wildman–Crippen MR) is 266 cm³/mol. The third-order valence-electron chi connectivity index (χ3n) is 11.3. The zero-order valence-electron chi connectivity index (χ0n) is 34.3. The lowest BCUT2D eigenvalue weighted by molar-refractivity contribution is 1.54. The van der Waals surface area contributed by atoms with Gasteiger partial charge in [0.05, 0.1) is 0 Å². The normalized spacial score (nSPS) is 10.7. The van der Waals surface area contributed by atoms with Gasteiger partial charge in [-0.05, 0) is 157 Å². The summed E-state index contributed by atoms with van der Waals surface area (Å²) >= 11 is 0. The molecule has 0 heterocycles. The first-order chi connectivity index (χ1) is 30.9. The van der Waals surface area contributed by atoms with Crippen LogP contribution in [-0.4, -0.2) is 0 Å². The molecule has 0 fully saturated rings. The van der Waals surface area contributed by atoms with Gasteiger partial charge in [0.15, 0.2) is 0 Å². The van der Waals surface area contributed by atoms with Crippen molar-refractivity contribution in [2.24, 2.45) is 0 Å². The van der Waals surface area contributed by atoms with E-state index in [1.165, 1.54) is 0 Å². The molecular weight excluding hydrogens is 763 g/mol. The second kappa shape index (κ2) is 16.6. The summed E-state index contributed by atoms with van der Waals surface area (Å²) in [6.07, 6.45) is 0. The van der Waals surface area contributed by atoms with Crippen molar-refractivity contribution in [3.05, 3.63) is 234 Å². The Morgan fingerprint density at radius 3 is 0.794 bits per heavy atom. The van der Waals surface area contributed by atoms with Crippen LogP contribution in [0.2, 0.25) is 0 Å². The molecule has 10 aromatic carbocycles. The molecule has 0 aliphatic carbocycles. The maximum atomic E-state index is 6.23. The number of nitrogens with two attached hydrogens (primary N) is 3. The number of anilines is 3. The van der Waals surface area contributed by atoms with Crippen LogP contribution < -0.4 is 17.2 Å². The van der Waals surface area contributed by atoms with E-state index in [0.29, 0.717) is 17.1 Å². The molecule has 0 amide bonds. The predicted octanol–water partition coefficient (Wildman–Crippen LogP) is 13.1. The van der Waals surface area contributed by atoms with Gasteiger partial charge in [-0.1, -0.05) is 145 Å². The van der Waals surface area contributed by atoms with Crippen LogP contribution in [-0.2, 0) is 0 Å². The van der Waals surface area contributed by atoms with Gasteiger partial charge in [-0.3, -0.25) is 0 Å². The third kappa shape index (κ3) is 8.31. The van der Waals surface area contributed by atoms with Crippen molar-refractivity contribution in [2.45, 2.75) is 0 Å². The van der Waals surface area contributed by atoms with E-state index in [-0.39, 0.29) is 0 Å². The Morgan fingerprint density at radius 1 is 0.238 bits per heavy atom. The molecule has 0 bridgehead atoms. The van der Waals surface area contributed by atoms with Crippen molar-refractivity contribution in [3.63, 3.8) is 0 Å². The van der Waals surface area contributed by atoms with Gasteiger partial charge < -0.3 is 17.2 Å². The molecule has 0 spiro atoms. The standard InChI is InChI=1S/C60H39N3/c61-55-34-46-7-1-4-10-58(46)49(37-55)28-19-40-13-22-43(23-14-40)52-31-53(44-24-15-41(16-25-44)20-29-50-38-56(62)35-47-8-2-5-11-59(47)50)33-54(32-52)45-26-17-42(18-27-45)21-30-51-39-57(63)36-48-9-3-6-12-60(48)51/h1-18,22-27,31-39H,61-63H2. The highest BCUT2D eigenvalue weighted by Gasteiger charge is 2.09. The maximum absolute atomic E-state index is 6.23. The van der Waals surface area contributed by atoms with Crippen molar-refractivity contribution < 1.29 is 0 Å². The van der Waals surface area contributed by atoms with E-state index in [4.69, 9.17) is 17.2 Å². The molecule has 0 atom stereocenters. The Hall–Kier alpha value is -8.94. The number of benzene rings is 10. The van der Waals surface area contributed by atoms with Crippen LogP contribution in [0.15, 0.2) is 200 Å². The number of nitrogen functional groups attached to an aromatic ring is 3. The van der Waals surface area contributed by atoms with E-state index in [1.807, 2.05) is 72.8 Å². The van der Waals surface area contributed by atoms with Gasteiger partial charge >= 0.3 is 0 Å². The summed E-state index contributed by atoms with van der Waals surface area (Å²) in [4.78, 5) is 0. The molecular formula is C60H39N3. The second-order valence-electron chi connectivity index (χ2n) is 15.6. The van der Waals surface area contributed by atoms with E-state index < -0.39 is 0 Å². The lowest BCUT2D eigenvalue weighted by Gasteiger charge is -2.12. The molecule has 0 radical (unpaired) electrons. The average Bonchev–Trinajstić information content (AvgIpc) is 3.32. The molecule has 0 aromatic heterocycles. The van der Waals surface area contributed by atoms with E-state index >= 15 is 0 Å². The molecule has 0 unspecified atom stereocenters. The van der Waals surface area contributed by atoms with Crippen LogP contribution in [0.1, 0.15) is 33.4 Å². The van der Waals surface area contributed by atoms with Crippen LogP contribution in [0, 0.1) is 35.5 Å². The minimum absolute atomic E-state index is 0.701. The molecule has 294 valence electrons. The van der Waals surface area contributed by atoms with Gasteiger partial charge in [-0.2, -0.15) is 0 Å². The van der Waals surface area contributed by atoms with Gasteiger partial charge in [0.1, 0.15) is 0 Å².